The lowest BCUT2D eigenvalue weighted by molar-refractivity contribution is -0.124. The number of azide groups is 1. The number of ketones is 3. The smallest absolute Gasteiger partial charge is 0.170 e. The number of allylic oxidation sites excluding steroid dienone is 2. The molecule has 0 spiro atoms. The summed E-state index contributed by atoms with van der Waals surface area (Å²) in [5, 5.41) is 10.3. The summed E-state index contributed by atoms with van der Waals surface area (Å²) in [7, 11) is 3.61. The van der Waals surface area contributed by atoms with Crippen molar-refractivity contribution in [2.75, 3.05) is 84.2 Å². The monoisotopic (exact) mass is 952 g/mol. The largest absolute Gasteiger partial charge is 0.491 e. The third-order valence-electron chi connectivity index (χ3n) is 8.82. The number of ether oxygens (including phenoxy) is 6. The average molecular weight is 952 g/mol. The van der Waals surface area contributed by atoms with Crippen molar-refractivity contribution in [1.82, 2.24) is 10.6 Å². The van der Waals surface area contributed by atoms with Crippen LogP contribution in [0.25, 0.3) is 10.4 Å². The van der Waals surface area contributed by atoms with Gasteiger partial charge >= 0.3 is 0 Å². The molecule has 0 aromatic heterocycles. The Morgan fingerprint density at radius 1 is 0.692 bits per heavy atom. The number of hydrogen-bond acceptors (Lipinski definition) is 14. The lowest BCUT2D eigenvalue weighted by Gasteiger charge is -2.14. The minimum Gasteiger partial charge on any atom is -0.491 e. The first-order valence-corrected chi connectivity index (χ1v) is 26.1. The Morgan fingerprint density at radius 2 is 1.31 bits per heavy atom. The molecule has 0 amide bonds. The highest BCUT2D eigenvalue weighted by atomic mass is 33.1. The van der Waals surface area contributed by atoms with E-state index in [1.54, 1.807) is 35.1 Å². The first-order valence-electron chi connectivity index (χ1n) is 23.6. The number of nitrogens with zero attached hydrogens (tertiary/aromatic N) is 3. The van der Waals surface area contributed by atoms with Gasteiger partial charge in [0.2, 0.25) is 0 Å². The highest BCUT2D eigenvalue weighted by Gasteiger charge is 2.11. The first-order chi connectivity index (χ1) is 31.3. The maximum absolute atomic E-state index is 12.4. The molecule has 0 saturated carbocycles. The van der Waals surface area contributed by atoms with E-state index in [0.29, 0.717) is 92.9 Å². The van der Waals surface area contributed by atoms with Crippen molar-refractivity contribution in [3.8, 4) is 5.75 Å². The van der Waals surface area contributed by atoms with Crippen molar-refractivity contribution in [2.24, 2.45) is 17.0 Å². The average Bonchev–Trinajstić information content (AvgIpc) is 3.26. The van der Waals surface area contributed by atoms with E-state index >= 15 is 0 Å². The summed E-state index contributed by atoms with van der Waals surface area (Å²) in [5.41, 5.74) is 9.39. The van der Waals surface area contributed by atoms with Crippen molar-refractivity contribution in [3.05, 3.63) is 64.6 Å². The van der Waals surface area contributed by atoms with Crippen LogP contribution in [0.3, 0.4) is 0 Å². The predicted octanol–water partition coefficient (Wildman–Crippen LogP) is 10.8. The molecule has 0 fully saturated rings. The Labute approximate surface area is 400 Å². The number of rotatable bonds is 43. The van der Waals surface area contributed by atoms with Gasteiger partial charge in [0.15, 0.2) is 17.8 Å². The fourth-order valence-corrected chi connectivity index (χ4v) is 7.05. The van der Waals surface area contributed by atoms with Crippen LogP contribution in [-0.4, -0.2) is 120 Å². The number of Topliss-reactive ketones (excluding diaryl/α,β-unsaturated/α-hetero) is 3. The molecule has 1 rings (SSSR count). The van der Waals surface area contributed by atoms with Crippen LogP contribution in [-0.2, 0) is 33.3 Å². The molecule has 1 aromatic carbocycles. The van der Waals surface area contributed by atoms with Crippen LogP contribution >= 0.6 is 21.6 Å². The van der Waals surface area contributed by atoms with Gasteiger partial charge in [-0.05, 0) is 74.6 Å². The van der Waals surface area contributed by atoms with Crippen molar-refractivity contribution < 1.29 is 42.8 Å². The molecule has 2 N–H and O–H groups in total. The third kappa shape index (κ3) is 44.8. The molecule has 0 radical (unpaired) electrons. The fourth-order valence-electron chi connectivity index (χ4n) is 5.47. The van der Waals surface area contributed by atoms with Gasteiger partial charge in [0.05, 0.1) is 26.4 Å². The fraction of sp³-hybridized carbons (Fsp3) is 0.735. The molecule has 1 atom stereocenters. The van der Waals surface area contributed by atoms with E-state index in [-0.39, 0.29) is 38.0 Å². The molecule has 0 bridgehead atoms. The van der Waals surface area contributed by atoms with Crippen LogP contribution in [0.2, 0.25) is 0 Å². The third-order valence-corrected chi connectivity index (χ3v) is 10.9. The normalized spacial score (nSPS) is 12.1. The lowest BCUT2D eigenvalue weighted by atomic mass is 10.1. The van der Waals surface area contributed by atoms with E-state index < -0.39 is 6.23 Å². The minimum atomic E-state index is -0.873. The van der Waals surface area contributed by atoms with E-state index in [4.69, 9.17) is 34.0 Å². The van der Waals surface area contributed by atoms with Gasteiger partial charge in [0.25, 0.3) is 0 Å². The van der Waals surface area contributed by atoms with Gasteiger partial charge in [-0.3, -0.25) is 14.4 Å². The van der Waals surface area contributed by atoms with E-state index in [2.05, 4.69) is 94.3 Å². The van der Waals surface area contributed by atoms with E-state index in [1.807, 2.05) is 16.9 Å². The van der Waals surface area contributed by atoms with Gasteiger partial charge < -0.3 is 39.1 Å². The Bertz CT molecular complexity index is 1440. The summed E-state index contributed by atoms with van der Waals surface area (Å²) in [6.45, 7) is 22.3. The lowest BCUT2D eigenvalue weighted by Crippen LogP contribution is -2.24. The molecule has 65 heavy (non-hydrogen) atoms. The van der Waals surface area contributed by atoms with Gasteiger partial charge in [-0.15, -0.1) is 0 Å². The summed E-state index contributed by atoms with van der Waals surface area (Å²) < 4.78 is 33.1. The zero-order valence-electron chi connectivity index (χ0n) is 41.1. The molecular weight excluding hydrogens is 867 g/mol. The number of benzene rings is 1. The summed E-state index contributed by atoms with van der Waals surface area (Å²) >= 11 is 0. The number of hydrogen-bond donors (Lipinski definition) is 2. The maximum Gasteiger partial charge on any atom is 0.170 e. The molecule has 1 unspecified atom stereocenters. The molecule has 14 nitrogen and oxygen atoms in total. The Morgan fingerprint density at radius 3 is 1.94 bits per heavy atom. The zero-order chi connectivity index (χ0) is 48.2. The zero-order valence-corrected chi connectivity index (χ0v) is 42.7. The number of carbonyl (C=O) groups is 3. The molecule has 1 aromatic rings. The highest BCUT2D eigenvalue weighted by molar-refractivity contribution is 8.76. The summed E-state index contributed by atoms with van der Waals surface area (Å²) in [5.74, 6) is 3.79. The molecular formula is C49H85N5O9S2. The Balaban J connectivity index is 0.00000134. The Kier molecular flexibility index (Phi) is 43.1. The molecule has 372 valence electrons. The van der Waals surface area contributed by atoms with Gasteiger partial charge in [0.1, 0.15) is 30.7 Å². The van der Waals surface area contributed by atoms with Crippen molar-refractivity contribution in [3.63, 3.8) is 0 Å². The maximum atomic E-state index is 12.4. The topological polar surface area (TPSA) is 179 Å². The van der Waals surface area contributed by atoms with Gasteiger partial charge in [-0.25, -0.2) is 0 Å². The standard InChI is InChI=1S/C28H44N4O6.C21H41NO3S2/c1-22(2)9-7-15-35-16-8-11-25(33)20-36-17-18-37-28(31-32-29)21-38-26-12-5-10-24(19-26)27(34)13-6-14-30-23(3)4;1-19(2)10-9-16-24-14-7-5-11-21(23)12-6-8-15-25-18-27-26-17-13-22-20(3)4/h5,7,9-10,12,19,22-23,28,30H,6,8,11,13-18,20-21H2,1-4H3;9-10,19-20,22H,5-8,11-18H2,1-4H3/b9-7+;10-9+. The van der Waals surface area contributed by atoms with Crippen LogP contribution in [0.15, 0.2) is 53.7 Å². The molecule has 0 aliphatic rings. The van der Waals surface area contributed by atoms with Crippen LogP contribution in [0.1, 0.15) is 130 Å². The van der Waals surface area contributed by atoms with Crippen LogP contribution in [0.4, 0.5) is 0 Å². The van der Waals surface area contributed by atoms with Gasteiger partial charge in [-0.1, -0.05) is 119 Å². The number of nitrogens with one attached hydrogen (secondary N) is 2. The van der Waals surface area contributed by atoms with E-state index in [1.165, 1.54) is 0 Å². The molecule has 0 aliphatic carbocycles. The van der Waals surface area contributed by atoms with Crippen LogP contribution < -0.4 is 15.4 Å². The molecule has 0 aliphatic heterocycles. The number of carbonyl (C=O) groups excluding carboxylic acids is 3. The SMILES string of the molecule is CC(C)/C=C/COCCCC(=O)COCCOC(COc1cccc(C(=O)CCCNC(C)C)c1)N=[N+]=[N-].CC(C)/C=C/COCCCCC(=O)CCCCOCSSCCNC(C)C. The molecule has 0 saturated heterocycles. The second-order valence-electron chi connectivity index (χ2n) is 16.7. The predicted molar refractivity (Wildman–Crippen MR) is 269 cm³/mol. The molecule has 16 heteroatoms. The highest BCUT2D eigenvalue weighted by Crippen LogP contribution is 2.20. The van der Waals surface area contributed by atoms with Crippen LogP contribution in [0.5, 0.6) is 5.75 Å². The molecule has 0 heterocycles. The number of unbranched alkanes of at least 4 members (excludes halogenated alkanes) is 2. The Hall–Kier alpha value is -2.76. The van der Waals surface area contributed by atoms with Gasteiger partial charge in [0, 0.05) is 80.4 Å². The van der Waals surface area contributed by atoms with Crippen molar-refractivity contribution in [2.45, 2.75) is 138 Å². The summed E-state index contributed by atoms with van der Waals surface area (Å²) in [4.78, 5) is 39.0. The van der Waals surface area contributed by atoms with Crippen molar-refractivity contribution in [1.29, 1.82) is 0 Å². The summed E-state index contributed by atoms with van der Waals surface area (Å²) in [6, 6.07) is 7.85. The quantitative estimate of drug-likeness (QED) is 0.00924. The second kappa shape index (κ2) is 45.0. The van der Waals surface area contributed by atoms with E-state index in [0.717, 1.165) is 70.1 Å². The van der Waals surface area contributed by atoms with Crippen molar-refractivity contribution >= 4 is 38.9 Å². The van der Waals surface area contributed by atoms with Gasteiger partial charge in [-0.2, -0.15) is 0 Å². The summed E-state index contributed by atoms with van der Waals surface area (Å²) in [6.07, 6.45) is 14.8. The minimum absolute atomic E-state index is 0.00630. The van der Waals surface area contributed by atoms with Crippen LogP contribution in [0, 0.1) is 11.8 Å². The van der Waals surface area contributed by atoms with E-state index in [9.17, 15) is 14.4 Å². The second-order valence-corrected chi connectivity index (χ2v) is 19.3. The first kappa shape index (κ1) is 62.2.